The predicted molar refractivity (Wildman–Crippen MR) is 65.1 cm³/mol. The molecule has 0 unspecified atom stereocenters. The maximum atomic E-state index is 11.9. The van der Waals surface area contributed by atoms with Gasteiger partial charge in [-0.3, -0.25) is 4.79 Å². The van der Waals surface area contributed by atoms with Crippen molar-refractivity contribution < 1.29 is 19.4 Å². The summed E-state index contributed by atoms with van der Waals surface area (Å²) in [6, 6.07) is -0.724. The van der Waals surface area contributed by atoms with Crippen LogP contribution >= 0.6 is 0 Å². The number of hydrogen-bond acceptors (Lipinski definition) is 3. The number of carbonyl (C=O) groups excluding carboxylic acids is 1. The fourth-order valence-electron chi connectivity index (χ4n) is 2.86. The maximum absolute atomic E-state index is 11.9. The van der Waals surface area contributed by atoms with Gasteiger partial charge in [-0.15, -0.1) is 0 Å². The van der Waals surface area contributed by atoms with E-state index in [1.54, 1.807) is 0 Å². The molecule has 2 fully saturated rings. The van der Waals surface area contributed by atoms with Crippen molar-refractivity contribution in [2.75, 3.05) is 13.2 Å². The molecule has 0 bridgehead atoms. The molecule has 102 valence electrons. The van der Waals surface area contributed by atoms with E-state index >= 15 is 0 Å². The zero-order chi connectivity index (χ0) is 13.0. The Labute approximate surface area is 107 Å². The second-order valence-electron chi connectivity index (χ2n) is 5.28. The van der Waals surface area contributed by atoms with Crippen LogP contribution in [0.15, 0.2) is 0 Å². The van der Waals surface area contributed by atoms with E-state index in [4.69, 9.17) is 4.74 Å². The Morgan fingerprint density at radius 3 is 2.44 bits per heavy atom. The minimum atomic E-state index is -0.908. The third-order valence-corrected chi connectivity index (χ3v) is 3.99. The van der Waals surface area contributed by atoms with Gasteiger partial charge in [0.25, 0.3) is 0 Å². The van der Waals surface area contributed by atoms with Gasteiger partial charge in [0.15, 0.2) is 0 Å². The Kier molecular flexibility index (Phi) is 4.58. The molecule has 2 N–H and O–H groups in total. The standard InChI is InChI=1S/C13H21NO4/c15-12(10-6-7-18-8-10)14-11(13(16)17)9-4-2-1-3-5-9/h9-11H,1-8H2,(H,14,15)(H,16,17)/t10-,11+/m1/s1. The third kappa shape index (κ3) is 3.22. The van der Waals surface area contributed by atoms with Crippen LogP contribution in [0.2, 0.25) is 0 Å². The Balaban J connectivity index is 1.92. The van der Waals surface area contributed by atoms with Gasteiger partial charge in [0.1, 0.15) is 6.04 Å². The Morgan fingerprint density at radius 2 is 1.89 bits per heavy atom. The summed E-state index contributed by atoms with van der Waals surface area (Å²) in [7, 11) is 0. The summed E-state index contributed by atoms with van der Waals surface area (Å²) in [4.78, 5) is 23.3. The van der Waals surface area contributed by atoms with Crippen LogP contribution in [0.25, 0.3) is 0 Å². The number of carboxylic acids is 1. The highest BCUT2D eigenvalue weighted by Crippen LogP contribution is 2.27. The first kappa shape index (κ1) is 13.3. The molecule has 2 aliphatic rings. The Bertz CT molecular complexity index is 306. The summed E-state index contributed by atoms with van der Waals surface area (Å²) in [6.07, 6.45) is 5.81. The molecule has 18 heavy (non-hydrogen) atoms. The van der Waals surface area contributed by atoms with Gasteiger partial charge in [-0.2, -0.15) is 0 Å². The van der Waals surface area contributed by atoms with E-state index < -0.39 is 12.0 Å². The van der Waals surface area contributed by atoms with Gasteiger partial charge in [-0.05, 0) is 25.2 Å². The van der Waals surface area contributed by atoms with Crippen molar-refractivity contribution in [3.05, 3.63) is 0 Å². The molecule has 1 aliphatic heterocycles. The molecule has 1 amide bonds. The third-order valence-electron chi connectivity index (χ3n) is 3.99. The van der Waals surface area contributed by atoms with Crippen molar-refractivity contribution >= 4 is 11.9 Å². The predicted octanol–water partition coefficient (Wildman–Crippen LogP) is 1.17. The molecule has 0 spiro atoms. The fraction of sp³-hybridized carbons (Fsp3) is 0.846. The van der Waals surface area contributed by atoms with Crippen molar-refractivity contribution in [1.29, 1.82) is 0 Å². The largest absolute Gasteiger partial charge is 0.480 e. The molecule has 0 radical (unpaired) electrons. The summed E-state index contributed by atoms with van der Waals surface area (Å²) >= 11 is 0. The molecule has 1 aliphatic carbocycles. The summed E-state index contributed by atoms with van der Waals surface area (Å²) in [6.45, 7) is 1.02. The quantitative estimate of drug-likeness (QED) is 0.790. The van der Waals surface area contributed by atoms with Gasteiger partial charge in [-0.1, -0.05) is 19.3 Å². The number of carbonyl (C=O) groups is 2. The first-order valence-electron chi connectivity index (χ1n) is 6.79. The highest BCUT2D eigenvalue weighted by molar-refractivity contribution is 5.85. The second-order valence-corrected chi connectivity index (χ2v) is 5.28. The minimum Gasteiger partial charge on any atom is -0.480 e. The first-order chi connectivity index (χ1) is 8.68. The van der Waals surface area contributed by atoms with Gasteiger partial charge in [0, 0.05) is 6.61 Å². The highest BCUT2D eigenvalue weighted by Gasteiger charge is 2.33. The van der Waals surface area contributed by atoms with Crippen LogP contribution in [0.1, 0.15) is 38.5 Å². The summed E-state index contributed by atoms with van der Waals surface area (Å²) in [5.74, 6) is -1.15. The van der Waals surface area contributed by atoms with Crippen LogP contribution in [-0.4, -0.2) is 36.2 Å². The monoisotopic (exact) mass is 255 g/mol. The fourth-order valence-corrected chi connectivity index (χ4v) is 2.86. The van der Waals surface area contributed by atoms with Gasteiger partial charge >= 0.3 is 5.97 Å². The molecule has 2 rings (SSSR count). The lowest BCUT2D eigenvalue weighted by Gasteiger charge is -2.28. The van der Waals surface area contributed by atoms with Crippen LogP contribution in [0.4, 0.5) is 0 Å². The van der Waals surface area contributed by atoms with Gasteiger partial charge in [0.2, 0.25) is 5.91 Å². The molecule has 5 heteroatoms. The molecule has 1 heterocycles. The average Bonchev–Trinajstić information content (AvgIpc) is 2.90. The lowest BCUT2D eigenvalue weighted by Crippen LogP contribution is -2.48. The van der Waals surface area contributed by atoms with E-state index in [0.717, 1.165) is 25.7 Å². The Morgan fingerprint density at radius 1 is 1.17 bits per heavy atom. The van der Waals surface area contributed by atoms with Crippen molar-refractivity contribution in [2.24, 2.45) is 11.8 Å². The van der Waals surface area contributed by atoms with E-state index in [0.29, 0.717) is 19.6 Å². The molecule has 0 aromatic carbocycles. The molecule has 2 atom stereocenters. The molecular formula is C13H21NO4. The van der Waals surface area contributed by atoms with E-state index in [2.05, 4.69) is 5.32 Å². The van der Waals surface area contributed by atoms with Gasteiger partial charge in [0.05, 0.1) is 12.5 Å². The van der Waals surface area contributed by atoms with Crippen LogP contribution < -0.4 is 5.32 Å². The van der Waals surface area contributed by atoms with E-state index in [1.807, 2.05) is 0 Å². The van der Waals surface area contributed by atoms with Crippen LogP contribution in [-0.2, 0) is 14.3 Å². The normalized spacial score (nSPS) is 26.8. The topological polar surface area (TPSA) is 75.6 Å². The molecule has 1 saturated heterocycles. The Hall–Kier alpha value is -1.10. The summed E-state index contributed by atoms with van der Waals surface area (Å²) in [5.41, 5.74) is 0. The molecule has 0 aromatic heterocycles. The smallest absolute Gasteiger partial charge is 0.326 e. The van der Waals surface area contributed by atoms with Crippen LogP contribution in [0.5, 0.6) is 0 Å². The van der Waals surface area contributed by atoms with Crippen LogP contribution in [0, 0.1) is 11.8 Å². The summed E-state index contributed by atoms with van der Waals surface area (Å²) < 4.78 is 5.16. The molecule has 0 aromatic rings. The second kappa shape index (κ2) is 6.18. The van der Waals surface area contributed by atoms with E-state index in [-0.39, 0.29) is 17.7 Å². The maximum Gasteiger partial charge on any atom is 0.326 e. The highest BCUT2D eigenvalue weighted by atomic mass is 16.5. The van der Waals surface area contributed by atoms with Crippen molar-refractivity contribution in [3.8, 4) is 0 Å². The number of ether oxygens (including phenoxy) is 1. The van der Waals surface area contributed by atoms with E-state index in [1.165, 1.54) is 6.42 Å². The first-order valence-corrected chi connectivity index (χ1v) is 6.79. The number of carboxylic acid groups (broad SMARTS) is 1. The number of amides is 1. The van der Waals surface area contributed by atoms with Gasteiger partial charge in [-0.25, -0.2) is 4.79 Å². The number of aliphatic carboxylic acids is 1. The number of rotatable bonds is 4. The minimum absolute atomic E-state index is 0.0857. The molecule has 5 nitrogen and oxygen atoms in total. The molecular weight excluding hydrogens is 234 g/mol. The number of nitrogens with one attached hydrogen (secondary N) is 1. The zero-order valence-electron chi connectivity index (χ0n) is 10.6. The van der Waals surface area contributed by atoms with Crippen LogP contribution in [0.3, 0.4) is 0 Å². The van der Waals surface area contributed by atoms with E-state index in [9.17, 15) is 14.7 Å². The zero-order valence-corrected chi connectivity index (χ0v) is 10.6. The van der Waals surface area contributed by atoms with Crippen molar-refractivity contribution in [3.63, 3.8) is 0 Å². The van der Waals surface area contributed by atoms with Crippen molar-refractivity contribution in [2.45, 2.75) is 44.6 Å². The lowest BCUT2D eigenvalue weighted by molar-refractivity contribution is -0.144. The number of hydrogen-bond donors (Lipinski definition) is 2. The lowest BCUT2D eigenvalue weighted by atomic mass is 9.83. The SMILES string of the molecule is O=C(N[C@H](C(=O)O)C1CCCCC1)[C@@H]1CCOC1. The van der Waals surface area contributed by atoms with Gasteiger partial charge < -0.3 is 15.2 Å². The molecule has 1 saturated carbocycles. The van der Waals surface area contributed by atoms with Crippen molar-refractivity contribution in [1.82, 2.24) is 5.32 Å². The average molecular weight is 255 g/mol. The summed E-state index contributed by atoms with van der Waals surface area (Å²) in [5, 5.41) is 12.0.